The van der Waals surface area contributed by atoms with E-state index in [1.807, 2.05) is 0 Å². The first-order chi connectivity index (χ1) is 8.18. The molecule has 0 aromatic carbocycles. The fourth-order valence-corrected chi connectivity index (χ4v) is 3.32. The molecule has 2 aliphatic heterocycles. The maximum atomic E-state index is 11.8. The van der Waals surface area contributed by atoms with Gasteiger partial charge in [0.1, 0.15) is 0 Å². The highest BCUT2D eigenvalue weighted by molar-refractivity contribution is 8.00. The second-order valence-electron chi connectivity index (χ2n) is 5.17. The minimum Gasteiger partial charge on any atom is -0.379 e. The molecule has 2 aliphatic rings. The van der Waals surface area contributed by atoms with Gasteiger partial charge >= 0.3 is 0 Å². The molecule has 0 spiro atoms. The summed E-state index contributed by atoms with van der Waals surface area (Å²) >= 11 is 1.79. The molecule has 2 saturated heterocycles. The predicted octanol–water partition coefficient (Wildman–Crippen LogP) is 0.767. The molecule has 98 valence electrons. The lowest BCUT2D eigenvalue weighted by atomic mass is 10.0. The van der Waals surface area contributed by atoms with Crippen molar-refractivity contribution in [2.45, 2.75) is 37.0 Å². The highest BCUT2D eigenvalue weighted by Crippen LogP contribution is 2.21. The van der Waals surface area contributed by atoms with E-state index in [-0.39, 0.29) is 11.4 Å². The van der Waals surface area contributed by atoms with Gasteiger partial charge in [0.2, 0.25) is 5.91 Å². The van der Waals surface area contributed by atoms with Gasteiger partial charge in [-0.15, -0.1) is 11.8 Å². The molecule has 4 nitrogen and oxygen atoms in total. The van der Waals surface area contributed by atoms with E-state index in [1.54, 1.807) is 11.8 Å². The number of amides is 1. The standard InChI is InChI=1S/C12H22N2O2S/c1-12(4-7-16-9-12)14-11(15)8-17-10-2-5-13-6-3-10/h10,13H,2-9H2,1H3,(H,14,15). The zero-order chi connectivity index (χ0) is 12.1. The van der Waals surface area contributed by atoms with Crippen molar-refractivity contribution < 1.29 is 9.53 Å². The van der Waals surface area contributed by atoms with Crippen molar-refractivity contribution in [1.29, 1.82) is 0 Å². The number of piperidine rings is 1. The monoisotopic (exact) mass is 258 g/mol. The number of carbonyl (C=O) groups is 1. The first kappa shape index (κ1) is 13.2. The fraction of sp³-hybridized carbons (Fsp3) is 0.917. The van der Waals surface area contributed by atoms with Gasteiger partial charge in [0, 0.05) is 11.9 Å². The number of nitrogens with one attached hydrogen (secondary N) is 2. The lowest BCUT2D eigenvalue weighted by molar-refractivity contribution is -0.120. The summed E-state index contributed by atoms with van der Waals surface area (Å²) in [5, 5.41) is 7.08. The van der Waals surface area contributed by atoms with Crippen molar-refractivity contribution in [3.63, 3.8) is 0 Å². The van der Waals surface area contributed by atoms with Gasteiger partial charge in [-0.2, -0.15) is 0 Å². The Kier molecular flexibility index (Phi) is 4.70. The van der Waals surface area contributed by atoms with Crippen LogP contribution in [0.2, 0.25) is 0 Å². The van der Waals surface area contributed by atoms with E-state index >= 15 is 0 Å². The molecular formula is C12H22N2O2S. The quantitative estimate of drug-likeness (QED) is 0.782. The van der Waals surface area contributed by atoms with Crippen LogP contribution in [0.25, 0.3) is 0 Å². The maximum absolute atomic E-state index is 11.8. The Balaban J connectivity index is 1.66. The van der Waals surface area contributed by atoms with Crippen LogP contribution < -0.4 is 10.6 Å². The Morgan fingerprint density at radius 2 is 2.29 bits per heavy atom. The average molecular weight is 258 g/mol. The summed E-state index contributed by atoms with van der Waals surface area (Å²) in [4.78, 5) is 11.8. The highest BCUT2D eigenvalue weighted by atomic mass is 32.2. The molecule has 2 heterocycles. The van der Waals surface area contributed by atoms with Crippen LogP contribution in [-0.2, 0) is 9.53 Å². The van der Waals surface area contributed by atoms with Crippen LogP contribution >= 0.6 is 11.8 Å². The summed E-state index contributed by atoms with van der Waals surface area (Å²) in [7, 11) is 0. The van der Waals surface area contributed by atoms with E-state index in [4.69, 9.17) is 4.74 Å². The van der Waals surface area contributed by atoms with Crippen LogP contribution in [0.15, 0.2) is 0 Å². The Bertz CT molecular complexity index is 261. The van der Waals surface area contributed by atoms with Crippen LogP contribution in [0.4, 0.5) is 0 Å². The van der Waals surface area contributed by atoms with Crippen LogP contribution in [-0.4, -0.2) is 48.8 Å². The Morgan fingerprint density at radius 3 is 2.94 bits per heavy atom. The molecule has 2 rings (SSSR count). The molecule has 0 radical (unpaired) electrons. The molecule has 17 heavy (non-hydrogen) atoms. The van der Waals surface area contributed by atoms with Gasteiger partial charge < -0.3 is 15.4 Å². The summed E-state index contributed by atoms with van der Waals surface area (Å²) in [6, 6.07) is 0. The molecule has 2 fully saturated rings. The Morgan fingerprint density at radius 1 is 1.53 bits per heavy atom. The molecule has 0 aromatic rings. The van der Waals surface area contributed by atoms with Crippen molar-refractivity contribution in [2.24, 2.45) is 0 Å². The predicted molar refractivity (Wildman–Crippen MR) is 70.3 cm³/mol. The van der Waals surface area contributed by atoms with Crippen LogP contribution in [0, 0.1) is 0 Å². The van der Waals surface area contributed by atoms with Gasteiger partial charge in [-0.25, -0.2) is 0 Å². The van der Waals surface area contributed by atoms with Crippen molar-refractivity contribution in [3.8, 4) is 0 Å². The van der Waals surface area contributed by atoms with E-state index in [9.17, 15) is 4.79 Å². The number of carbonyl (C=O) groups excluding carboxylic acids is 1. The van der Waals surface area contributed by atoms with Gasteiger partial charge in [0.05, 0.1) is 17.9 Å². The van der Waals surface area contributed by atoms with Gasteiger partial charge in [-0.1, -0.05) is 0 Å². The van der Waals surface area contributed by atoms with E-state index < -0.39 is 0 Å². The van der Waals surface area contributed by atoms with Crippen molar-refractivity contribution in [2.75, 3.05) is 32.1 Å². The summed E-state index contributed by atoms with van der Waals surface area (Å²) in [5.41, 5.74) is -0.133. The summed E-state index contributed by atoms with van der Waals surface area (Å²) < 4.78 is 5.33. The van der Waals surface area contributed by atoms with Crippen molar-refractivity contribution >= 4 is 17.7 Å². The summed E-state index contributed by atoms with van der Waals surface area (Å²) in [6.07, 6.45) is 3.29. The van der Waals surface area contributed by atoms with Crippen LogP contribution in [0.5, 0.6) is 0 Å². The first-order valence-corrected chi connectivity index (χ1v) is 7.44. The molecule has 0 saturated carbocycles. The van der Waals surface area contributed by atoms with Crippen LogP contribution in [0.3, 0.4) is 0 Å². The van der Waals surface area contributed by atoms with E-state index in [0.717, 1.165) is 26.1 Å². The Labute approximate surface area is 107 Å². The van der Waals surface area contributed by atoms with E-state index in [2.05, 4.69) is 17.6 Å². The van der Waals surface area contributed by atoms with Gasteiger partial charge in [0.25, 0.3) is 0 Å². The van der Waals surface area contributed by atoms with Gasteiger partial charge in [-0.3, -0.25) is 4.79 Å². The Hall–Kier alpha value is -0.260. The zero-order valence-electron chi connectivity index (χ0n) is 10.5. The third-order valence-electron chi connectivity index (χ3n) is 3.40. The van der Waals surface area contributed by atoms with Gasteiger partial charge in [0.15, 0.2) is 0 Å². The summed E-state index contributed by atoms with van der Waals surface area (Å²) in [6.45, 7) is 5.65. The average Bonchev–Trinajstić information content (AvgIpc) is 2.74. The minimum atomic E-state index is -0.133. The second-order valence-corrected chi connectivity index (χ2v) is 6.46. The van der Waals surface area contributed by atoms with Crippen LogP contribution in [0.1, 0.15) is 26.2 Å². The molecule has 0 aliphatic carbocycles. The highest BCUT2D eigenvalue weighted by Gasteiger charge is 2.31. The third-order valence-corrected chi connectivity index (χ3v) is 4.77. The fourth-order valence-electron chi connectivity index (χ4n) is 2.29. The number of ether oxygens (including phenoxy) is 1. The number of hydrogen-bond acceptors (Lipinski definition) is 4. The number of thioether (sulfide) groups is 1. The lowest BCUT2D eigenvalue weighted by Crippen LogP contribution is -2.47. The second kappa shape index (κ2) is 6.07. The van der Waals surface area contributed by atoms with Crippen molar-refractivity contribution in [1.82, 2.24) is 10.6 Å². The first-order valence-electron chi connectivity index (χ1n) is 6.39. The number of rotatable bonds is 4. The maximum Gasteiger partial charge on any atom is 0.230 e. The summed E-state index contributed by atoms with van der Waals surface area (Å²) in [5.74, 6) is 0.738. The normalized spacial score (nSPS) is 30.4. The largest absolute Gasteiger partial charge is 0.379 e. The topological polar surface area (TPSA) is 50.4 Å². The molecule has 1 atom stereocenters. The molecule has 2 N–H and O–H groups in total. The molecular weight excluding hydrogens is 236 g/mol. The molecule has 0 bridgehead atoms. The van der Waals surface area contributed by atoms with Crippen molar-refractivity contribution in [3.05, 3.63) is 0 Å². The SMILES string of the molecule is CC1(NC(=O)CSC2CCNCC2)CCOC1. The van der Waals surface area contributed by atoms with E-state index in [0.29, 0.717) is 17.6 Å². The zero-order valence-corrected chi connectivity index (χ0v) is 11.3. The minimum absolute atomic E-state index is 0.133. The molecule has 1 unspecified atom stereocenters. The number of hydrogen-bond donors (Lipinski definition) is 2. The van der Waals surface area contributed by atoms with Gasteiger partial charge in [-0.05, 0) is 39.3 Å². The molecule has 0 aromatic heterocycles. The smallest absolute Gasteiger partial charge is 0.230 e. The van der Waals surface area contributed by atoms with E-state index in [1.165, 1.54) is 12.8 Å². The molecule has 1 amide bonds. The third kappa shape index (κ3) is 4.16. The lowest BCUT2D eigenvalue weighted by Gasteiger charge is -2.25. The molecule has 5 heteroatoms.